The minimum Gasteiger partial charge on any atom is -0.308 e. The third kappa shape index (κ3) is 3.37. The molecule has 0 aliphatic heterocycles. The lowest BCUT2D eigenvalue weighted by molar-refractivity contribution is -0.118. The lowest BCUT2D eigenvalue weighted by Gasteiger charge is -2.35. The molecular weight excluding hydrogens is 296 g/mol. The Morgan fingerprint density at radius 3 is 2.46 bits per heavy atom. The minimum atomic E-state index is 0.260. The van der Waals surface area contributed by atoms with Crippen molar-refractivity contribution in [2.45, 2.75) is 69.9 Å². The molecule has 0 radical (unpaired) electrons. The first-order chi connectivity index (χ1) is 11.8. The lowest BCUT2D eigenvalue weighted by Crippen LogP contribution is -2.48. The molecule has 0 saturated heterocycles. The van der Waals surface area contributed by atoms with Gasteiger partial charge in [0.15, 0.2) is 0 Å². The molecular formula is C21H30N2O. The summed E-state index contributed by atoms with van der Waals surface area (Å²) in [5, 5.41) is 3.61. The summed E-state index contributed by atoms with van der Waals surface area (Å²) >= 11 is 0. The predicted octanol–water partition coefficient (Wildman–Crippen LogP) is 4.13. The summed E-state index contributed by atoms with van der Waals surface area (Å²) in [4.78, 5) is 15.2. The Kier molecular flexibility index (Phi) is 4.88. The molecule has 3 atom stereocenters. The number of nitrogens with zero attached hydrogens (tertiary/aromatic N) is 1. The monoisotopic (exact) mass is 326 g/mol. The summed E-state index contributed by atoms with van der Waals surface area (Å²) in [7, 11) is 0. The number of anilines is 1. The van der Waals surface area contributed by atoms with Crippen LogP contribution in [0.3, 0.4) is 0 Å². The SMILES string of the molecule is O=C(CN[C@H]1CC2CCC1C2)N(c1ccccc1)C1CCCCC1. The Labute approximate surface area is 145 Å². The average Bonchev–Trinajstić information content (AvgIpc) is 3.25. The molecule has 130 valence electrons. The first-order valence-electron chi connectivity index (χ1n) is 9.92. The van der Waals surface area contributed by atoms with Crippen molar-refractivity contribution in [1.82, 2.24) is 5.32 Å². The van der Waals surface area contributed by atoms with Crippen LogP contribution in [0.1, 0.15) is 57.8 Å². The van der Waals surface area contributed by atoms with Crippen molar-refractivity contribution >= 4 is 11.6 Å². The van der Waals surface area contributed by atoms with Crippen LogP contribution in [-0.2, 0) is 4.79 Å². The Bertz CT molecular complexity index is 552. The van der Waals surface area contributed by atoms with Gasteiger partial charge in [0.05, 0.1) is 6.54 Å². The van der Waals surface area contributed by atoms with Crippen LogP contribution in [0.5, 0.6) is 0 Å². The Morgan fingerprint density at radius 1 is 1.00 bits per heavy atom. The summed E-state index contributed by atoms with van der Waals surface area (Å²) in [6, 6.07) is 11.3. The van der Waals surface area contributed by atoms with Crippen molar-refractivity contribution in [1.29, 1.82) is 0 Å². The molecule has 3 nitrogen and oxygen atoms in total. The van der Waals surface area contributed by atoms with Crippen LogP contribution in [0.2, 0.25) is 0 Å². The van der Waals surface area contributed by atoms with Crippen LogP contribution >= 0.6 is 0 Å². The highest BCUT2D eigenvalue weighted by atomic mass is 16.2. The van der Waals surface area contributed by atoms with Crippen molar-refractivity contribution in [3.8, 4) is 0 Å². The van der Waals surface area contributed by atoms with Gasteiger partial charge in [0, 0.05) is 17.8 Å². The fraction of sp³-hybridized carbons (Fsp3) is 0.667. The van der Waals surface area contributed by atoms with Gasteiger partial charge in [0.25, 0.3) is 0 Å². The third-order valence-electron chi connectivity index (χ3n) is 6.50. The zero-order valence-electron chi connectivity index (χ0n) is 14.6. The molecule has 1 amide bonds. The second kappa shape index (κ2) is 7.26. The first kappa shape index (κ1) is 16.1. The second-order valence-corrected chi connectivity index (χ2v) is 8.05. The van der Waals surface area contributed by atoms with E-state index in [1.807, 2.05) is 18.2 Å². The summed E-state index contributed by atoms with van der Waals surface area (Å²) in [6.07, 6.45) is 11.6. The van der Waals surface area contributed by atoms with E-state index in [2.05, 4.69) is 22.3 Å². The van der Waals surface area contributed by atoms with Gasteiger partial charge in [-0.25, -0.2) is 0 Å². The molecule has 4 rings (SSSR count). The average molecular weight is 326 g/mol. The molecule has 0 heterocycles. The molecule has 2 unspecified atom stereocenters. The van der Waals surface area contributed by atoms with E-state index in [1.54, 1.807) is 0 Å². The number of amides is 1. The highest BCUT2D eigenvalue weighted by molar-refractivity contribution is 5.95. The number of benzene rings is 1. The maximum absolute atomic E-state index is 13.1. The Hall–Kier alpha value is -1.35. The van der Waals surface area contributed by atoms with Gasteiger partial charge in [-0.2, -0.15) is 0 Å². The quantitative estimate of drug-likeness (QED) is 0.882. The molecule has 3 aliphatic rings. The number of carbonyl (C=O) groups excluding carboxylic acids is 1. The number of carbonyl (C=O) groups is 1. The molecule has 24 heavy (non-hydrogen) atoms. The van der Waals surface area contributed by atoms with Crippen LogP contribution in [0.4, 0.5) is 5.69 Å². The summed E-state index contributed by atoms with van der Waals surface area (Å²) in [6.45, 7) is 0.499. The number of hydrogen-bond donors (Lipinski definition) is 1. The van der Waals surface area contributed by atoms with E-state index < -0.39 is 0 Å². The lowest BCUT2D eigenvalue weighted by atomic mass is 9.93. The Balaban J connectivity index is 1.42. The zero-order valence-corrected chi connectivity index (χ0v) is 14.6. The summed E-state index contributed by atoms with van der Waals surface area (Å²) in [5.74, 6) is 2.00. The third-order valence-corrected chi connectivity index (χ3v) is 6.50. The van der Waals surface area contributed by atoms with E-state index in [9.17, 15) is 4.79 Å². The van der Waals surface area contributed by atoms with Gasteiger partial charge in [0.2, 0.25) is 5.91 Å². The first-order valence-corrected chi connectivity index (χ1v) is 9.92. The van der Waals surface area contributed by atoms with Crippen LogP contribution < -0.4 is 10.2 Å². The number of nitrogens with one attached hydrogen (secondary N) is 1. The summed E-state index contributed by atoms with van der Waals surface area (Å²) < 4.78 is 0. The van der Waals surface area contributed by atoms with Crippen molar-refractivity contribution < 1.29 is 4.79 Å². The van der Waals surface area contributed by atoms with Crippen molar-refractivity contribution in [3.63, 3.8) is 0 Å². The molecule has 0 spiro atoms. The molecule has 0 aromatic heterocycles. The van der Waals surface area contributed by atoms with Crippen molar-refractivity contribution in [2.24, 2.45) is 11.8 Å². The van der Waals surface area contributed by atoms with Gasteiger partial charge in [-0.3, -0.25) is 4.79 Å². The maximum atomic E-state index is 13.1. The van der Waals surface area contributed by atoms with E-state index in [0.717, 1.165) is 30.4 Å². The smallest absolute Gasteiger partial charge is 0.241 e. The maximum Gasteiger partial charge on any atom is 0.241 e. The molecule has 3 aliphatic carbocycles. The fourth-order valence-corrected chi connectivity index (χ4v) is 5.28. The van der Waals surface area contributed by atoms with Crippen LogP contribution in [0.15, 0.2) is 30.3 Å². The Morgan fingerprint density at radius 2 is 1.79 bits per heavy atom. The molecule has 1 aromatic carbocycles. The normalized spacial score (nSPS) is 29.8. The number of fused-ring (bicyclic) bond motifs is 2. The standard InChI is InChI=1S/C21H30N2O/c24-21(15-22-20-14-16-11-12-17(20)13-16)23(18-7-3-1-4-8-18)19-9-5-2-6-10-19/h1,3-4,7-8,16-17,19-20,22H,2,5-6,9-15H2/t16?,17?,20-/m0/s1. The molecule has 3 heteroatoms. The number of hydrogen-bond acceptors (Lipinski definition) is 2. The van der Waals surface area contributed by atoms with Crippen molar-refractivity contribution in [2.75, 3.05) is 11.4 Å². The zero-order chi connectivity index (χ0) is 16.4. The van der Waals surface area contributed by atoms with Crippen LogP contribution in [0, 0.1) is 11.8 Å². The van der Waals surface area contributed by atoms with E-state index in [-0.39, 0.29) is 5.91 Å². The highest BCUT2D eigenvalue weighted by Crippen LogP contribution is 2.44. The predicted molar refractivity (Wildman–Crippen MR) is 98.0 cm³/mol. The van der Waals surface area contributed by atoms with Crippen LogP contribution in [0.25, 0.3) is 0 Å². The second-order valence-electron chi connectivity index (χ2n) is 8.05. The fourth-order valence-electron chi connectivity index (χ4n) is 5.28. The van der Waals surface area contributed by atoms with E-state index in [4.69, 9.17) is 0 Å². The summed E-state index contributed by atoms with van der Waals surface area (Å²) in [5.41, 5.74) is 1.07. The number of para-hydroxylation sites is 1. The van der Waals surface area contributed by atoms with Crippen LogP contribution in [-0.4, -0.2) is 24.5 Å². The molecule has 2 bridgehead atoms. The highest BCUT2D eigenvalue weighted by Gasteiger charge is 2.39. The van der Waals surface area contributed by atoms with Gasteiger partial charge in [0.1, 0.15) is 0 Å². The van der Waals surface area contributed by atoms with Gasteiger partial charge in [-0.05, 0) is 56.1 Å². The minimum absolute atomic E-state index is 0.260. The topological polar surface area (TPSA) is 32.3 Å². The van der Waals surface area contributed by atoms with Gasteiger partial charge < -0.3 is 10.2 Å². The molecule has 1 N–H and O–H groups in total. The van der Waals surface area contributed by atoms with E-state index in [1.165, 1.54) is 44.9 Å². The van der Waals surface area contributed by atoms with Gasteiger partial charge >= 0.3 is 0 Å². The van der Waals surface area contributed by atoms with Crippen molar-refractivity contribution in [3.05, 3.63) is 30.3 Å². The van der Waals surface area contributed by atoms with Gasteiger partial charge in [-0.15, -0.1) is 0 Å². The largest absolute Gasteiger partial charge is 0.308 e. The van der Waals surface area contributed by atoms with E-state index >= 15 is 0 Å². The number of rotatable bonds is 5. The molecule has 1 aromatic rings. The van der Waals surface area contributed by atoms with E-state index in [0.29, 0.717) is 18.6 Å². The molecule has 3 saturated carbocycles. The molecule has 3 fully saturated rings. The van der Waals surface area contributed by atoms with Gasteiger partial charge in [-0.1, -0.05) is 43.9 Å².